The third kappa shape index (κ3) is 1.74. The van der Waals surface area contributed by atoms with Crippen molar-refractivity contribution in [3.05, 3.63) is 29.0 Å². The number of carboxylic acid groups (broad SMARTS) is 1. The maximum atomic E-state index is 11.4. The maximum absolute atomic E-state index is 11.4. The molecule has 0 saturated carbocycles. The van der Waals surface area contributed by atoms with Crippen LogP contribution in [0.5, 0.6) is 5.75 Å². The minimum absolute atomic E-state index is 0.0435. The van der Waals surface area contributed by atoms with Crippen LogP contribution in [-0.4, -0.2) is 24.0 Å². The number of ether oxygens (including phenoxy) is 1. The minimum Gasteiger partial charge on any atom is -0.493 e. The Bertz CT molecular complexity index is 614. The molecule has 0 aliphatic rings. The van der Waals surface area contributed by atoms with Crippen LogP contribution in [-0.2, 0) is 4.79 Å². The predicted molar refractivity (Wildman–Crippen MR) is 59.7 cm³/mol. The Kier molecular flexibility index (Phi) is 2.77. The van der Waals surface area contributed by atoms with Crippen molar-refractivity contribution < 1.29 is 23.8 Å². The quantitative estimate of drug-likeness (QED) is 0.672. The second-order valence-corrected chi connectivity index (χ2v) is 3.62. The summed E-state index contributed by atoms with van der Waals surface area (Å²) in [6, 6.07) is 2.80. The molecular formula is C11H7ClO5. The zero-order chi connectivity index (χ0) is 12.6. The van der Waals surface area contributed by atoms with Gasteiger partial charge < -0.3 is 14.3 Å². The lowest BCUT2D eigenvalue weighted by Crippen LogP contribution is -2.13. The fourth-order valence-electron chi connectivity index (χ4n) is 1.51. The lowest BCUT2D eigenvalue weighted by Gasteiger charge is -2.06. The van der Waals surface area contributed by atoms with Gasteiger partial charge in [-0.2, -0.15) is 0 Å². The number of furan rings is 1. The Labute approximate surface area is 101 Å². The third-order valence-corrected chi connectivity index (χ3v) is 2.70. The van der Waals surface area contributed by atoms with E-state index in [1.807, 2.05) is 0 Å². The van der Waals surface area contributed by atoms with Gasteiger partial charge in [-0.1, -0.05) is 11.6 Å². The second kappa shape index (κ2) is 4.10. The lowest BCUT2D eigenvalue weighted by atomic mass is 10.1. The Hall–Kier alpha value is -2.01. The predicted octanol–water partition coefficient (Wildman–Crippen LogP) is 2.36. The smallest absolute Gasteiger partial charge is 0.377 e. The van der Waals surface area contributed by atoms with E-state index in [0.29, 0.717) is 11.0 Å². The SMILES string of the molecule is COc1cc(C(=O)C(=O)O)c(Cl)c2ccoc12. The van der Waals surface area contributed by atoms with Gasteiger partial charge in [0.25, 0.3) is 5.78 Å². The molecule has 1 aromatic carbocycles. The van der Waals surface area contributed by atoms with E-state index in [9.17, 15) is 9.59 Å². The van der Waals surface area contributed by atoms with E-state index in [4.69, 9.17) is 25.9 Å². The summed E-state index contributed by atoms with van der Waals surface area (Å²) in [5, 5.41) is 9.16. The molecule has 0 bridgehead atoms. The molecule has 0 saturated heterocycles. The topological polar surface area (TPSA) is 76.7 Å². The maximum Gasteiger partial charge on any atom is 0.377 e. The molecule has 1 heterocycles. The van der Waals surface area contributed by atoms with Gasteiger partial charge in [0.15, 0.2) is 11.3 Å². The molecule has 17 heavy (non-hydrogen) atoms. The first-order valence-electron chi connectivity index (χ1n) is 4.57. The highest BCUT2D eigenvalue weighted by molar-refractivity contribution is 6.47. The molecule has 0 aliphatic heterocycles. The molecular weight excluding hydrogens is 248 g/mol. The van der Waals surface area contributed by atoms with Crippen molar-refractivity contribution in [1.29, 1.82) is 0 Å². The molecule has 0 atom stereocenters. The number of methoxy groups -OCH3 is 1. The van der Waals surface area contributed by atoms with E-state index in [2.05, 4.69) is 0 Å². The van der Waals surface area contributed by atoms with Gasteiger partial charge in [0.2, 0.25) is 0 Å². The number of carboxylic acids is 1. The summed E-state index contributed by atoms with van der Waals surface area (Å²) in [5.74, 6) is -2.40. The number of carbonyl (C=O) groups is 2. The first kappa shape index (κ1) is 11.5. The number of ketones is 1. The van der Waals surface area contributed by atoms with Gasteiger partial charge >= 0.3 is 5.97 Å². The van der Waals surface area contributed by atoms with E-state index in [0.717, 1.165) is 0 Å². The largest absolute Gasteiger partial charge is 0.493 e. The van der Waals surface area contributed by atoms with E-state index in [1.54, 1.807) is 6.07 Å². The molecule has 6 heteroatoms. The highest BCUT2D eigenvalue weighted by Gasteiger charge is 2.22. The van der Waals surface area contributed by atoms with Gasteiger partial charge in [-0.05, 0) is 12.1 Å². The summed E-state index contributed by atoms with van der Waals surface area (Å²) >= 11 is 5.95. The number of fused-ring (bicyclic) bond motifs is 1. The number of rotatable bonds is 3. The molecule has 0 aliphatic carbocycles. The fourth-order valence-corrected chi connectivity index (χ4v) is 1.80. The zero-order valence-electron chi connectivity index (χ0n) is 8.69. The molecule has 1 N–H and O–H groups in total. The normalized spacial score (nSPS) is 10.5. The van der Waals surface area contributed by atoms with Gasteiger partial charge in [-0.3, -0.25) is 4.79 Å². The van der Waals surface area contributed by atoms with Crippen LogP contribution in [0.4, 0.5) is 0 Å². The van der Waals surface area contributed by atoms with Crippen LogP contribution in [0.1, 0.15) is 10.4 Å². The number of benzene rings is 1. The summed E-state index contributed by atoms with van der Waals surface area (Å²) < 4.78 is 10.2. The summed E-state index contributed by atoms with van der Waals surface area (Å²) in [6.07, 6.45) is 1.38. The highest BCUT2D eigenvalue weighted by atomic mass is 35.5. The standard InChI is InChI=1S/C11H7ClO5/c1-16-7-4-6(9(13)11(14)15)8(12)5-2-3-17-10(5)7/h2-4H,1H3,(H,14,15). The van der Waals surface area contributed by atoms with E-state index < -0.39 is 11.8 Å². The number of Topliss-reactive ketones (excluding diaryl/α,β-unsaturated/α-hetero) is 1. The first-order chi connectivity index (χ1) is 8.06. The van der Waals surface area contributed by atoms with E-state index in [1.165, 1.54) is 19.4 Å². The van der Waals surface area contributed by atoms with Crippen LogP contribution < -0.4 is 4.74 Å². The Balaban J connectivity index is 2.76. The number of aliphatic carboxylic acids is 1. The van der Waals surface area contributed by atoms with Crippen molar-refractivity contribution in [2.45, 2.75) is 0 Å². The molecule has 2 rings (SSSR count). The molecule has 1 aromatic heterocycles. The van der Waals surface area contributed by atoms with Gasteiger partial charge in [-0.15, -0.1) is 0 Å². The summed E-state index contributed by atoms with van der Waals surface area (Å²) in [6.45, 7) is 0. The Morgan fingerprint density at radius 1 is 1.47 bits per heavy atom. The average molecular weight is 255 g/mol. The van der Waals surface area contributed by atoms with Crippen molar-refractivity contribution in [2.24, 2.45) is 0 Å². The summed E-state index contributed by atoms with van der Waals surface area (Å²) in [4.78, 5) is 22.1. The molecule has 2 aromatic rings. The molecule has 0 unspecified atom stereocenters. The van der Waals surface area contributed by atoms with Crippen LogP contribution in [0.3, 0.4) is 0 Å². The van der Waals surface area contributed by atoms with Crippen LogP contribution in [0.25, 0.3) is 11.0 Å². The number of hydrogen-bond donors (Lipinski definition) is 1. The van der Waals surface area contributed by atoms with Gasteiger partial charge in [0.05, 0.1) is 24.0 Å². The van der Waals surface area contributed by atoms with Gasteiger partial charge in [0.1, 0.15) is 0 Å². The molecule has 88 valence electrons. The molecule has 0 spiro atoms. The van der Waals surface area contributed by atoms with Gasteiger partial charge in [-0.25, -0.2) is 4.79 Å². The molecule has 0 amide bonds. The summed E-state index contributed by atoms with van der Waals surface area (Å²) in [7, 11) is 1.39. The summed E-state index contributed by atoms with van der Waals surface area (Å²) in [5.41, 5.74) is 0.254. The van der Waals surface area contributed by atoms with Crippen LogP contribution >= 0.6 is 11.6 Å². The van der Waals surface area contributed by atoms with Crippen LogP contribution in [0.2, 0.25) is 5.02 Å². The fraction of sp³-hybridized carbons (Fsp3) is 0.0909. The van der Waals surface area contributed by atoms with Crippen molar-refractivity contribution in [3.63, 3.8) is 0 Å². The number of carbonyl (C=O) groups excluding carboxylic acids is 1. The Morgan fingerprint density at radius 2 is 2.18 bits per heavy atom. The van der Waals surface area contributed by atoms with Crippen molar-refractivity contribution >= 4 is 34.3 Å². The zero-order valence-corrected chi connectivity index (χ0v) is 9.45. The monoisotopic (exact) mass is 254 g/mol. The average Bonchev–Trinajstić information content (AvgIpc) is 2.78. The van der Waals surface area contributed by atoms with Crippen molar-refractivity contribution in [2.75, 3.05) is 7.11 Å². The van der Waals surface area contributed by atoms with Gasteiger partial charge in [0, 0.05) is 5.39 Å². The van der Waals surface area contributed by atoms with Crippen LogP contribution in [0.15, 0.2) is 22.8 Å². The van der Waals surface area contributed by atoms with E-state index in [-0.39, 0.29) is 16.3 Å². The number of halogens is 1. The third-order valence-electron chi connectivity index (χ3n) is 2.30. The van der Waals surface area contributed by atoms with Crippen molar-refractivity contribution in [1.82, 2.24) is 0 Å². The highest BCUT2D eigenvalue weighted by Crippen LogP contribution is 2.35. The Morgan fingerprint density at radius 3 is 2.76 bits per heavy atom. The van der Waals surface area contributed by atoms with Crippen LogP contribution in [0, 0.1) is 0 Å². The van der Waals surface area contributed by atoms with Crippen molar-refractivity contribution in [3.8, 4) is 5.75 Å². The minimum atomic E-state index is -1.57. The molecule has 0 fully saturated rings. The molecule has 0 radical (unpaired) electrons. The first-order valence-corrected chi connectivity index (χ1v) is 4.95. The lowest BCUT2D eigenvalue weighted by molar-refractivity contribution is -0.131. The molecule has 5 nitrogen and oxygen atoms in total. The number of hydrogen-bond acceptors (Lipinski definition) is 4. The van der Waals surface area contributed by atoms with E-state index >= 15 is 0 Å². The second-order valence-electron chi connectivity index (χ2n) is 3.24.